The van der Waals surface area contributed by atoms with E-state index in [-0.39, 0.29) is 18.5 Å². The van der Waals surface area contributed by atoms with Crippen LogP contribution in [0, 0.1) is 0 Å². The Balaban J connectivity index is 3.94. The van der Waals surface area contributed by atoms with E-state index in [2.05, 4.69) is 26.0 Å². The number of hydrogen-bond donors (Lipinski definition) is 1. The summed E-state index contributed by atoms with van der Waals surface area (Å²) in [7, 11) is 0. The van der Waals surface area contributed by atoms with Gasteiger partial charge in [-0.05, 0) is 64.2 Å². The van der Waals surface area contributed by atoms with E-state index >= 15 is 0 Å². The highest BCUT2D eigenvalue weighted by atomic mass is 16.5. The predicted molar refractivity (Wildman–Crippen MR) is 223 cm³/mol. The van der Waals surface area contributed by atoms with Gasteiger partial charge in [0.1, 0.15) is 6.10 Å². The lowest BCUT2D eigenvalue weighted by molar-refractivity contribution is -0.150. The minimum absolute atomic E-state index is 0.00726. The van der Waals surface area contributed by atoms with E-state index in [1.54, 1.807) is 0 Å². The van der Waals surface area contributed by atoms with Crippen molar-refractivity contribution in [2.24, 2.45) is 0 Å². The smallest absolute Gasteiger partial charge is 0.306 e. The SMILES string of the molecule is CCCCCCCC/C=C\CCCCCCCCCCCC(=O)OC(CCCCCCCCCCCCCCCC)CCCCCCCC(=O)O. The first kappa shape index (κ1) is 49.7. The van der Waals surface area contributed by atoms with E-state index < -0.39 is 5.97 Å². The lowest BCUT2D eigenvalue weighted by Crippen LogP contribution is -2.18. The van der Waals surface area contributed by atoms with Gasteiger partial charge in [0.15, 0.2) is 0 Å². The second-order valence-electron chi connectivity index (χ2n) is 15.9. The second-order valence-corrected chi connectivity index (χ2v) is 15.9. The van der Waals surface area contributed by atoms with Gasteiger partial charge in [-0.25, -0.2) is 0 Å². The highest BCUT2D eigenvalue weighted by Gasteiger charge is 2.14. The normalized spacial score (nSPS) is 12.2. The lowest BCUT2D eigenvalue weighted by atomic mass is 10.0. The Morgan fingerprint density at radius 2 is 0.706 bits per heavy atom. The molecule has 1 unspecified atom stereocenters. The summed E-state index contributed by atoms with van der Waals surface area (Å²) in [5.41, 5.74) is 0. The molecule has 0 radical (unpaired) electrons. The lowest BCUT2D eigenvalue weighted by Gasteiger charge is -2.18. The van der Waals surface area contributed by atoms with Crippen molar-refractivity contribution in [2.75, 3.05) is 0 Å². The molecular formula is C47H90O4. The summed E-state index contributed by atoms with van der Waals surface area (Å²) in [6, 6.07) is 0. The maximum absolute atomic E-state index is 12.7. The molecule has 4 nitrogen and oxygen atoms in total. The van der Waals surface area contributed by atoms with Crippen molar-refractivity contribution < 1.29 is 19.4 Å². The summed E-state index contributed by atoms with van der Waals surface area (Å²) >= 11 is 0. The maximum Gasteiger partial charge on any atom is 0.306 e. The molecule has 4 heteroatoms. The molecule has 0 amide bonds. The molecule has 51 heavy (non-hydrogen) atoms. The molecule has 0 aromatic rings. The van der Waals surface area contributed by atoms with Gasteiger partial charge in [-0.15, -0.1) is 0 Å². The topological polar surface area (TPSA) is 63.6 Å². The van der Waals surface area contributed by atoms with Crippen LogP contribution in [0.25, 0.3) is 0 Å². The Hall–Kier alpha value is -1.32. The Labute approximate surface area is 319 Å². The first-order valence-electron chi connectivity index (χ1n) is 23.2. The van der Waals surface area contributed by atoms with E-state index in [1.165, 1.54) is 180 Å². The zero-order chi connectivity index (χ0) is 37.1. The van der Waals surface area contributed by atoms with Gasteiger partial charge in [0.05, 0.1) is 0 Å². The van der Waals surface area contributed by atoms with E-state index in [9.17, 15) is 9.59 Å². The molecular weight excluding hydrogens is 629 g/mol. The standard InChI is InChI=1S/C47H90O4/c1-3-5-7-9-11-13-15-17-19-20-21-22-23-25-27-29-31-36-40-44-47(50)51-45(42-38-34-32-35-39-43-46(48)49)41-37-33-30-28-26-24-18-16-14-12-10-8-6-4-2/h17,19,45H,3-16,18,20-44H2,1-2H3,(H,48,49)/b19-17-. The number of carbonyl (C=O) groups is 2. The fourth-order valence-corrected chi connectivity index (χ4v) is 7.30. The molecule has 0 aromatic carbocycles. The molecule has 1 N–H and O–H groups in total. The van der Waals surface area contributed by atoms with Crippen molar-refractivity contribution >= 4 is 11.9 Å². The van der Waals surface area contributed by atoms with Gasteiger partial charge in [-0.3, -0.25) is 9.59 Å². The third-order valence-corrected chi connectivity index (χ3v) is 10.7. The molecule has 0 rings (SSSR count). The van der Waals surface area contributed by atoms with Crippen LogP contribution in [0.15, 0.2) is 12.2 Å². The van der Waals surface area contributed by atoms with Crippen LogP contribution in [0.5, 0.6) is 0 Å². The molecule has 0 fully saturated rings. The Morgan fingerprint density at radius 1 is 0.412 bits per heavy atom. The monoisotopic (exact) mass is 719 g/mol. The molecule has 1 atom stereocenters. The number of esters is 1. The molecule has 302 valence electrons. The summed E-state index contributed by atoms with van der Waals surface area (Å²) < 4.78 is 6.04. The van der Waals surface area contributed by atoms with Crippen LogP contribution in [-0.4, -0.2) is 23.1 Å². The fourth-order valence-electron chi connectivity index (χ4n) is 7.30. The molecule has 0 heterocycles. The molecule has 0 saturated heterocycles. The summed E-state index contributed by atoms with van der Waals surface area (Å²) in [5, 5.41) is 8.85. The zero-order valence-corrected chi connectivity index (χ0v) is 34.7. The Bertz CT molecular complexity index is 732. The number of carboxylic acid groups (broad SMARTS) is 1. The minimum atomic E-state index is -0.696. The average Bonchev–Trinajstić information content (AvgIpc) is 3.12. The van der Waals surface area contributed by atoms with Crippen molar-refractivity contribution in [1.82, 2.24) is 0 Å². The second kappa shape index (κ2) is 43.1. The number of unbranched alkanes of at least 4 members (excludes halogenated alkanes) is 32. The molecule has 0 aliphatic rings. The number of rotatable bonds is 43. The average molecular weight is 719 g/mol. The van der Waals surface area contributed by atoms with Gasteiger partial charge in [0.2, 0.25) is 0 Å². The van der Waals surface area contributed by atoms with Gasteiger partial charge in [0, 0.05) is 12.8 Å². The van der Waals surface area contributed by atoms with Crippen LogP contribution in [0.3, 0.4) is 0 Å². The van der Waals surface area contributed by atoms with Crippen molar-refractivity contribution in [3.63, 3.8) is 0 Å². The van der Waals surface area contributed by atoms with Gasteiger partial charge in [-0.1, -0.05) is 206 Å². The third kappa shape index (κ3) is 43.0. The van der Waals surface area contributed by atoms with Crippen LogP contribution in [0.4, 0.5) is 0 Å². The summed E-state index contributed by atoms with van der Waals surface area (Å²) in [5.74, 6) is -0.689. The van der Waals surface area contributed by atoms with Crippen LogP contribution in [0.1, 0.15) is 271 Å². The third-order valence-electron chi connectivity index (χ3n) is 10.7. The van der Waals surface area contributed by atoms with Crippen LogP contribution in [-0.2, 0) is 14.3 Å². The minimum Gasteiger partial charge on any atom is -0.481 e. The van der Waals surface area contributed by atoms with Crippen LogP contribution < -0.4 is 0 Å². The van der Waals surface area contributed by atoms with E-state index in [0.717, 1.165) is 64.2 Å². The molecule has 0 aliphatic heterocycles. The van der Waals surface area contributed by atoms with E-state index in [4.69, 9.17) is 9.84 Å². The number of carboxylic acids is 1. The summed E-state index contributed by atoms with van der Waals surface area (Å²) in [6.45, 7) is 4.57. The molecule has 0 aliphatic carbocycles. The molecule has 0 aromatic heterocycles. The van der Waals surface area contributed by atoms with Gasteiger partial charge in [-0.2, -0.15) is 0 Å². The summed E-state index contributed by atoms with van der Waals surface area (Å²) in [4.78, 5) is 23.5. The molecule has 0 spiro atoms. The number of allylic oxidation sites excluding steroid dienone is 2. The van der Waals surface area contributed by atoms with E-state index in [1.807, 2.05) is 0 Å². The number of aliphatic carboxylic acids is 1. The Morgan fingerprint density at radius 3 is 1.06 bits per heavy atom. The quantitative estimate of drug-likeness (QED) is 0.0387. The first-order chi connectivity index (χ1) is 25.1. The summed E-state index contributed by atoms with van der Waals surface area (Å²) in [6.07, 6.45) is 53.9. The number of carbonyl (C=O) groups excluding carboxylic acids is 1. The molecule has 0 bridgehead atoms. The first-order valence-corrected chi connectivity index (χ1v) is 23.2. The largest absolute Gasteiger partial charge is 0.481 e. The van der Waals surface area contributed by atoms with Crippen LogP contribution in [0.2, 0.25) is 0 Å². The van der Waals surface area contributed by atoms with Gasteiger partial charge in [0.25, 0.3) is 0 Å². The Kier molecular flexibility index (Phi) is 42.0. The highest BCUT2D eigenvalue weighted by Crippen LogP contribution is 2.19. The van der Waals surface area contributed by atoms with Crippen molar-refractivity contribution in [1.29, 1.82) is 0 Å². The van der Waals surface area contributed by atoms with Crippen molar-refractivity contribution in [3.05, 3.63) is 12.2 Å². The highest BCUT2D eigenvalue weighted by molar-refractivity contribution is 5.69. The van der Waals surface area contributed by atoms with Crippen LogP contribution >= 0.6 is 0 Å². The predicted octanol–water partition coefficient (Wildman–Crippen LogP) is 16.2. The van der Waals surface area contributed by atoms with E-state index in [0.29, 0.717) is 6.42 Å². The number of ether oxygens (including phenoxy) is 1. The van der Waals surface area contributed by atoms with Gasteiger partial charge >= 0.3 is 11.9 Å². The van der Waals surface area contributed by atoms with Gasteiger partial charge < -0.3 is 9.84 Å². The fraction of sp³-hybridized carbons (Fsp3) is 0.915. The number of hydrogen-bond acceptors (Lipinski definition) is 3. The zero-order valence-electron chi connectivity index (χ0n) is 34.7. The van der Waals surface area contributed by atoms with Crippen molar-refractivity contribution in [3.8, 4) is 0 Å². The van der Waals surface area contributed by atoms with Crippen molar-refractivity contribution in [2.45, 2.75) is 277 Å². The maximum atomic E-state index is 12.7. The molecule has 0 saturated carbocycles.